The number of hydrogen-bond acceptors (Lipinski definition) is 5. The number of nitro groups is 1. The minimum atomic E-state index is -0.508. The summed E-state index contributed by atoms with van der Waals surface area (Å²) < 4.78 is 0. The van der Waals surface area contributed by atoms with Crippen LogP contribution in [0.1, 0.15) is 34.0 Å². The summed E-state index contributed by atoms with van der Waals surface area (Å²) in [5.41, 5.74) is 3.45. The lowest BCUT2D eigenvalue weighted by Gasteiger charge is -2.01. The SMILES string of the molecule is CCc1ccc(/C(C)=N/NC(=O)c2ccc([N+](=O)[O-])cc2)s1. The Kier molecular flexibility index (Phi) is 5.00. The van der Waals surface area contributed by atoms with E-state index in [4.69, 9.17) is 0 Å². The van der Waals surface area contributed by atoms with E-state index in [0.717, 1.165) is 17.0 Å². The van der Waals surface area contributed by atoms with E-state index in [-0.39, 0.29) is 5.69 Å². The maximum Gasteiger partial charge on any atom is 0.271 e. The van der Waals surface area contributed by atoms with E-state index in [9.17, 15) is 14.9 Å². The van der Waals surface area contributed by atoms with Crippen molar-refractivity contribution in [2.45, 2.75) is 20.3 Å². The van der Waals surface area contributed by atoms with Gasteiger partial charge in [0.25, 0.3) is 11.6 Å². The van der Waals surface area contributed by atoms with Crippen molar-refractivity contribution in [1.29, 1.82) is 0 Å². The number of non-ortho nitro benzene ring substituents is 1. The van der Waals surface area contributed by atoms with Crippen LogP contribution in [0.4, 0.5) is 5.69 Å². The van der Waals surface area contributed by atoms with Crippen LogP contribution in [0.15, 0.2) is 41.5 Å². The van der Waals surface area contributed by atoms with Crippen LogP contribution in [0.25, 0.3) is 0 Å². The van der Waals surface area contributed by atoms with E-state index < -0.39 is 10.8 Å². The second-order valence-corrected chi connectivity index (χ2v) is 5.73. The van der Waals surface area contributed by atoms with Crippen molar-refractivity contribution in [3.63, 3.8) is 0 Å². The first-order chi connectivity index (χ1) is 10.5. The molecule has 0 aliphatic carbocycles. The quantitative estimate of drug-likeness (QED) is 0.521. The minimum Gasteiger partial charge on any atom is -0.267 e. The van der Waals surface area contributed by atoms with Gasteiger partial charge in [0, 0.05) is 22.6 Å². The summed E-state index contributed by atoms with van der Waals surface area (Å²) in [6.07, 6.45) is 0.965. The van der Waals surface area contributed by atoms with Gasteiger partial charge in [-0.05, 0) is 37.6 Å². The number of carbonyl (C=O) groups is 1. The zero-order valence-corrected chi connectivity index (χ0v) is 13.0. The summed E-state index contributed by atoms with van der Waals surface area (Å²) in [5, 5.41) is 14.6. The van der Waals surface area contributed by atoms with Crippen LogP contribution in [0.3, 0.4) is 0 Å². The second-order valence-electron chi connectivity index (χ2n) is 4.56. The Hall–Kier alpha value is -2.54. The number of rotatable bonds is 5. The van der Waals surface area contributed by atoms with Crippen LogP contribution < -0.4 is 5.43 Å². The fourth-order valence-electron chi connectivity index (χ4n) is 1.75. The Bertz CT molecular complexity index is 720. The smallest absolute Gasteiger partial charge is 0.267 e. The van der Waals surface area contributed by atoms with E-state index in [2.05, 4.69) is 17.5 Å². The third-order valence-electron chi connectivity index (χ3n) is 3.03. The number of nitrogens with zero attached hydrogens (tertiary/aromatic N) is 2. The molecule has 2 aromatic rings. The standard InChI is InChI=1S/C15H15N3O3S/c1-3-13-8-9-14(22-13)10(2)16-17-15(19)11-4-6-12(7-5-11)18(20)21/h4-9H,3H2,1-2H3,(H,17,19)/b16-10+. The van der Waals surface area contributed by atoms with E-state index in [1.807, 2.05) is 19.1 Å². The van der Waals surface area contributed by atoms with Crippen molar-refractivity contribution in [3.8, 4) is 0 Å². The van der Waals surface area contributed by atoms with E-state index >= 15 is 0 Å². The third kappa shape index (κ3) is 3.76. The lowest BCUT2D eigenvalue weighted by atomic mass is 10.2. The molecule has 0 aliphatic rings. The van der Waals surface area contributed by atoms with Gasteiger partial charge in [-0.15, -0.1) is 11.3 Å². The molecule has 1 aromatic heterocycles. The molecule has 1 N–H and O–H groups in total. The first-order valence-corrected chi connectivity index (χ1v) is 7.51. The topological polar surface area (TPSA) is 84.6 Å². The van der Waals surface area contributed by atoms with E-state index in [1.165, 1.54) is 29.1 Å². The second kappa shape index (κ2) is 6.95. The van der Waals surface area contributed by atoms with Crippen molar-refractivity contribution in [2.75, 3.05) is 0 Å². The first-order valence-electron chi connectivity index (χ1n) is 6.69. The maximum atomic E-state index is 11.9. The van der Waals surface area contributed by atoms with Gasteiger partial charge in [-0.1, -0.05) is 6.92 Å². The number of hydrazone groups is 1. The summed E-state index contributed by atoms with van der Waals surface area (Å²) in [4.78, 5) is 24.3. The minimum absolute atomic E-state index is 0.0538. The molecule has 114 valence electrons. The highest BCUT2D eigenvalue weighted by molar-refractivity contribution is 7.14. The molecule has 0 fully saturated rings. The average molecular weight is 317 g/mol. The average Bonchev–Trinajstić information content (AvgIpc) is 3.01. The van der Waals surface area contributed by atoms with Gasteiger partial charge < -0.3 is 0 Å². The van der Waals surface area contributed by atoms with Crippen molar-refractivity contribution in [1.82, 2.24) is 5.43 Å². The Labute approximate surface area is 131 Å². The van der Waals surface area contributed by atoms with Crippen molar-refractivity contribution >= 4 is 28.6 Å². The summed E-state index contributed by atoms with van der Waals surface area (Å²) in [6.45, 7) is 3.90. The first kappa shape index (κ1) is 15.8. The molecular weight excluding hydrogens is 302 g/mol. The van der Waals surface area contributed by atoms with Crippen molar-refractivity contribution in [2.24, 2.45) is 5.10 Å². The molecule has 0 radical (unpaired) electrons. The van der Waals surface area contributed by atoms with Gasteiger partial charge in [-0.25, -0.2) is 5.43 Å². The van der Waals surface area contributed by atoms with Gasteiger partial charge in [0.05, 0.1) is 15.5 Å². The number of amides is 1. The number of carbonyl (C=O) groups excluding carboxylic acids is 1. The molecule has 22 heavy (non-hydrogen) atoms. The Morgan fingerprint density at radius 2 is 1.95 bits per heavy atom. The summed E-state index contributed by atoms with van der Waals surface area (Å²) in [7, 11) is 0. The van der Waals surface area contributed by atoms with Gasteiger partial charge in [0.15, 0.2) is 0 Å². The zero-order valence-electron chi connectivity index (χ0n) is 12.2. The molecule has 6 nitrogen and oxygen atoms in total. The lowest BCUT2D eigenvalue weighted by Crippen LogP contribution is -2.19. The van der Waals surface area contributed by atoms with Crippen LogP contribution in [-0.2, 0) is 6.42 Å². The number of nitro benzene ring substituents is 1. The highest BCUT2D eigenvalue weighted by Gasteiger charge is 2.09. The van der Waals surface area contributed by atoms with E-state index in [1.54, 1.807) is 11.3 Å². The molecule has 0 bridgehead atoms. The number of hydrogen-bond donors (Lipinski definition) is 1. The Balaban J connectivity index is 2.04. The Morgan fingerprint density at radius 1 is 1.27 bits per heavy atom. The van der Waals surface area contributed by atoms with Crippen LogP contribution in [0, 0.1) is 10.1 Å². The van der Waals surface area contributed by atoms with Gasteiger partial charge in [-0.2, -0.15) is 5.10 Å². The van der Waals surface area contributed by atoms with E-state index in [0.29, 0.717) is 5.56 Å². The van der Waals surface area contributed by atoms with Gasteiger partial charge >= 0.3 is 0 Å². The molecule has 0 unspecified atom stereocenters. The molecule has 0 saturated heterocycles. The van der Waals surface area contributed by atoms with Gasteiger partial charge in [0.1, 0.15) is 0 Å². The molecule has 0 aliphatic heterocycles. The van der Waals surface area contributed by atoms with Gasteiger partial charge in [-0.3, -0.25) is 14.9 Å². The summed E-state index contributed by atoms with van der Waals surface area (Å²) >= 11 is 1.64. The highest BCUT2D eigenvalue weighted by atomic mass is 32.1. The summed E-state index contributed by atoms with van der Waals surface area (Å²) in [5.74, 6) is -0.401. The largest absolute Gasteiger partial charge is 0.271 e. The highest BCUT2D eigenvalue weighted by Crippen LogP contribution is 2.17. The summed E-state index contributed by atoms with van der Waals surface area (Å²) in [6, 6.07) is 9.39. The fourth-order valence-corrected chi connectivity index (χ4v) is 2.64. The molecule has 0 spiro atoms. The van der Waals surface area contributed by atoms with Crippen molar-refractivity contribution in [3.05, 3.63) is 61.8 Å². The molecule has 1 aromatic carbocycles. The molecule has 2 rings (SSSR count). The third-order valence-corrected chi connectivity index (χ3v) is 4.37. The predicted octanol–water partition coefficient (Wildman–Crippen LogP) is 3.37. The zero-order chi connectivity index (χ0) is 16.1. The van der Waals surface area contributed by atoms with Crippen LogP contribution >= 0.6 is 11.3 Å². The van der Waals surface area contributed by atoms with Gasteiger partial charge in [0.2, 0.25) is 0 Å². The normalized spacial score (nSPS) is 11.3. The predicted molar refractivity (Wildman–Crippen MR) is 86.5 cm³/mol. The maximum absolute atomic E-state index is 11.9. The van der Waals surface area contributed by atoms with Crippen molar-refractivity contribution < 1.29 is 9.72 Å². The number of benzene rings is 1. The number of nitrogens with one attached hydrogen (secondary N) is 1. The Morgan fingerprint density at radius 3 is 2.50 bits per heavy atom. The van der Waals surface area contributed by atoms with Crippen LogP contribution in [0.5, 0.6) is 0 Å². The molecule has 0 atom stereocenters. The molecular formula is C15H15N3O3S. The van der Waals surface area contributed by atoms with Crippen LogP contribution in [-0.4, -0.2) is 16.5 Å². The molecule has 1 amide bonds. The van der Waals surface area contributed by atoms with Crippen LogP contribution in [0.2, 0.25) is 0 Å². The molecule has 0 saturated carbocycles. The molecule has 7 heteroatoms. The molecule has 1 heterocycles. The fraction of sp³-hybridized carbons (Fsp3) is 0.200. The number of thiophene rings is 1. The lowest BCUT2D eigenvalue weighted by molar-refractivity contribution is -0.384. The monoisotopic (exact) mass is 317 g/mol. The number of aryl methyl sites for hydroxylation is 1.